The Hall–Kier alpha value is -1.88. The van der Waals surface area contributed by atoms with Crippen molar-refractivity contribution >= 4 is 17.3 Å². The second-order valence-electron chi connectivity index (χ2n) is 5.97. The topological polar surface area (TPSA) is 54.5 Å². The Morgan fingerprint density at radius 2 is 1.87 bits per heavy atom. The van der Waals surface area contributed by atoms with Gasteiger partial charge in [0.2, 0.25) is 0 Å². The van der Waals surface area contributed by atoms with Crippen molar-refractivity contribution in [2.24, 2.45) is 10.7 Å². The lowest BCUT2D eigenvalue weighted by Crippen LogP contribution is -2.38. The molecule has 2 N–H and O–H groups in total. The van der Waals surface area contributed by atoms with Crippen LogP contribution in [0.25, 0.3) is 10.6 Å². The third kappa shape index (κ3) is 4.10. The molecule has 23 heavy (non-hydrogen) atoms. The molecule has 0 amide bonds. The molecular weight excluding hydrogens is 304 g/mol. The molecule has 0 saturated carbocycles. The highest BCUT2D eigenvalue weighted by Crippen LogP contribution is 2.28. The molecule has 2 heterocycles. The third-order valence-corrected chi connectivity index (χ3v) is 5.42. The van der Waals surface area contributed by atoms with Crippen LogP contribution in [0.4, 0.5) is 0 Å². The van der Waals surface area contributed by atoms with Gasteiger partial charge in [-0.1, -0.05) is 43.2 Å². The van der Waals surface area contributed by atoms with E-state index in [1.165, 1.54) is 30.6 Å². The largest absolute Gasteiger partial charge is 0.370 e. The van der Waals surface area contributed by atoms with Gasteiger partial charge in [0.25, 0.3) is 0 Å². The molecule has 3 rings (SSSR count). The average Bonchev–Trinajstić information content (AvgIpc) is 2.78. The SMILES string of the molecule is Cc1nc(-c2ccccc2)sc1CN=C(N)N1CCCCCC1. The van der Waals surface area contributed by atoms with Crippen LogP contribution in [0.5, 0.6) is 0 Å². The van der Waals surface area contributed by atoms with Crippen molar-refractivity contribution in [3.05, 3.63) is 40.9 Å². The lowest BCUT2D eigenvalue weighted by Gasteiger charge is -2.20. The van der Waals surface area contributed by atoms with Crippen molar-refractivity contribution in [1.29, 1.82) is 0 Å². The van der Waals surface area contributed by atoms with Crippen LogP contribution in [-0.2, 0) is 6.54 Å². The van der Waals surface area contributed by atoms with Gasteiger partial charge in [0.15, 0.2) is 5.96 Å². The van der Waals surface area contributed by atoms with Crippen molar-refractivity contribution in [3.63, 3.8) is 0 Å². The van der Waals surface area contributed by atoms with E-state index in [1.807, 2.05) is 18.2 Å². The van der Waals surface area contributed by atoms with Gasteiger partial charge in [0.05, 0.1) is 12.2 Å². The Bertz CT molecular complexity index is 655. The predicted octanol–water partition coefficient (Wildman–Crippen LogP) is 3.81. The fourth-order valence-electron chi connectivity index (χ4n) is 2.83. The highest BCUT2D eigenvalue weighted by Gasteiger charge is 2.12. The first-order valence-corrected chi connectivity index (χ1v) is 9.12. The first kappa shape index (κ1) is 16.0. The Labute approximate surface area is 142 Å². The molecule has 1 aliphatic rings. The molecule has 5 heteroatoms. The molecule has 1 aliphatic heterocycles. The van der Waals surface area contributed by atoms with Crippen LogP contribution >= 0.6 is 11.3 Å². The number of aliphatic imine (C=N–C) groups is 1. The normalized spacial score (nSPS) is 16.4. The van der Waals surface area contributed by atoms with Gasteiger partial charge < -0.3 is 10.6 Å². The zero-order valence-corrected chi connectivity index (χ0v) is 14.5. The van der Waals surface area contributed by atoms with Crippen LogP contribution in [0.3, 0.4) is 0 Å². The maximum atomic E-state index is 6.19. The number of hydrogen-bond donors (Lipinski definition) is 1. The highest BCUT2D eigenvalue weighted by molar-refractivity contribution is 7.15. The summed E-state index contributed by atoms with van der Waals surface area (Å²) in [7, 11) is 0. The number of aryl methyl sites for hydroxylation is 1. The molecule has 4 nitrogen and oxygen atoms in total. The van der Waals surface area contributed by atoms with Crippen LogP contribution < -0.4 is 5.73 Å². The lowest BCUT2D eigenvalue weighted by molar-refractivity contribution is 0.428. The lowest BCUT2D eigenvalue weighted by atomic mass is 10.2. The van der Waals surface area contributed by atoms with Gasteiger partial charge in [-0.05, 0) is 19.8 Å². The molecule has 1 saturated heterocycles. The Morgan fingerprint density at radius 3 is 2.57 bits per heavy atom. The summed E-state index contributed by atoms with van der Waals surface area (Å²) in [5, 5.41) is 1.06. The van der Waals surface area contributed by atoms with Crippen LogP contribution in [0.1, 0.15) is 36.3 Å². The van der Waals surface area contributed by atoms with Crippen molar-refractivity contribution in [3.8, 4) is 10.6 Å². The molecule has 1 aromatic heterocycles. The zero-order valence-electron chi connectivity index (χ0n) is 13.7. The van der Waals surface area contributed by atoms with Crippen LogP contribution in [0, 0.1) is 6.92 Å². The minimum absolute atomic E-state index is 0.624. The van der Waals surface area contributed by atoms with Gasteiger partial charge in [0, 0.05) is 23.5 Å². The molecule has 0 atom stereocenters. The van der Waals surface area contributed by atoms with Gasteiger partial charge in [-0.15, -0.1) is 11.3 Å². The molecule has 0 spiro atoms. The van der Waals surface area contributed by atoms with Gasteiger partial charge in [0.1, 0.15) is 5.01 Å². The standard InChI is InChI=1S/C18H24N4S/c1-14-16(23-17(21-14)15-9-5-4-6-10-15)13-20-18(19)22-11-7-2-3-8-12-22/h4-6,9-10H,2-3,7-8,11-13H2,1H3,(H2,19,20). The quantitative estimate of drug-likeness (QED) is 0.688. The first-order valence-electron chi connectivity index (χ1n) is 8.30. The summed E-state index contributed by atoms with van der Waals surface area (Å²) in [6.07, 6.45) is 5.04. The summed E-state index contributed by atoms with van der Waals surface area (Å²) >= 11 is 1.71. The Kier molecular flexibility index (Phi) is 5.28. The number of nitrogens with two attached hydrogens (primary N) is 1. The van der Waals surface area contributed by atoms with E-state index >= 15 is 0 Å². The Morgan fingerprint density at radius 1 is 1.17 bits per heavy atom. The number of benzene rings is 1. The summed E-state index contributed by atoms with van der Waals surface area (Å²) in [6, 6.07) is 10.3. The van der Waals surface area contributed by atoms with Gasteiger partial charge in [-0.2, -0.15) is 0 Å². The molecule has 122 valence electrons. The van der Waals surface area contributed by atoms with Crippen LogP contribution in [0.2, 0.25) is 0 Å². The van der Waals surface area contributed by atoms with E-state index in [0.717, 1.165) is 29.4 Å². The van der Waals surface area contributed by atoms with E-state index in [1.54, 1.807) is 11.3 Å². The van der Waals surface area contributed by atoms with Gasteiger partial charge in [-0.25, -0.2) is 9.98 Å². The van der Waals surface area contributed by atoms with E-state index in [-0.39, 0.29) is 0 Å². The van der Waals surface area contributed by atoms with E-state index in [4.69, 9.17) is 5.73 Å². The van der Waals surface area contributed by atoms with E-state index in [0.29, 0.717) is 12.5 Å². The second-order valence-corrected chi connectivity index (χ2v) is 7.05. The molecule has 0 aliphatic carbocycles. The molecule has 1 fully saturated rings. The van der Waals surface area contributed by atoms with Crippen molar-refractivity contribution in [2.75, 3.05) is 13.1 Å². The summed E-state index contributed by atoms with van der Waals surface area (Å²) in [5.74, 6) is 0.681. The molecular formula is C18H24N4S. The smallest absolute Gasteiger partial charge is 0.191 e. The summed E-state index contributed by atoms with van der Waals surface area (Å²) in [5.41, 5.74) is 8.41. The maximum Gasteiger partial charge on any atom is 0.191 e. The second kappa shape index (κ2) is 7.59. The number of thiazole rings is 1. The molecule has 1 aromatic carbocycles. The molecule has 2 aromatic rings. The minimum atomic E-state index is 0.624. The summed E-state index contributed by atoms with van der Waals surface area (Å²) in [6.45, 7) is 4.74. The van der Waals surface area contributed by atoms with Crippen molar-refractivity contribution in [1.82, 2.24) is 9.88 Å². The van der Waals surface area contributed by atoms with Crippen LogP contribution in [-0.4, -0.2) is 28.9 Å². The van der Waals surface area contributed by atoms with Gasteiger partial charge in [-0.3, -0.25) is 0 Å². The van der Waals surface area contributed by atoms with Gasteiger partial charge >= 0.3 is 0 Å². The van der Waals surface area contributed by atoms with E-state index in [2.05, 4.69) is 33.9 Å². The number of guanidine groups is 1. The number of aromatic nitrogens is 1. The van der Waals surface area contributed by atoms with Crippen LogP contribution in [0.15, 0.2) is 35.3 Å². The Balaban J connectivity index is 1.70. The summed E-state index contributed by atoms with van der Waals surface area (Å²) in [4.78, 5) is 12.7. The molecule has 0 radical (unpaired) electrons. The monoisotopic (exact) mass is 328 g/mol. The number of rotatable bonds is 3. The summed E-state index contributed by atoms with van der Waals surface area (Å²) < 4.78 is 0. The fraction of sp³-hybridized carbons (Fsp3) is 0.444. The predicted molar refractivity (Wildman–Crippen MR) is 97.7 cm³/mol. The highest BCUT2D eigenvalue weighted by atomic mass is 32.1. The minimum Gasteiger partial charge on any atom is -0.370 e. The first-order chi connectivity index (χ1) is 11.2. The molecule has 0 unspecified atom stereocenters. The number of nitrogens with zero attached hydrogens (tertiary/aromatic N) is 3. The molecule has 0 bridgehead atoms. The van der Waals surface area contributed by atoms with E-state index < -0.39 is 0 Å². The third-order valence-electron chi connectivity index (χ3n) is 4.23. The maximum absolute atomic E-state index is 6.19. The number of likely N-dealkylation sites (tertiary alicyclic amines) is 1. The van der Waals surface area contributed by atoms with E-state index in [9.17, 15) is 0 Å². The van der Waals surface area contributed by atoms with Crippen molar-refractivity contribution < 1.29 is 0 Å². The zero-order chi connectivity index (χ0) is 16.1. The number of hydrogen-bond acceptors (Lipinski definition) is 3. The average molecular weight is 328 g/mol. The fourth-order valence-corrected chi connectivity index (χ4v) is 3.82. The van der Waals surface area contributed by atoms with Crippen molar-refractivity contribution in [2.45, 2.75) is 39.2 Å².